The van der Waals surface area contributed by atoms with Gasteiger partial charge in [0.2, 0.25) is 0 Å². The van der Waals surface area contributed by atoms with Gasteiger partial charge in [-0.1, -0.05) is 37.5 Å². The molecule has 1 aromatic heterocycles. The van der Waals surface area contributed by atoms with Crippen LogP contribution in [0.25, 0.3) is 10.1 Å². The van der Waals surface area contributed by atoms with Gasteiger partial charge in [-0.15, -0.1) is 11.3 Å². The molecular weight excluding hydrogens is 238 g/mol. The van der Waals surface area contributed by atoms with Crippen LogP contribution in [0.1, 0.15) is 37.7 Å². The molecule has 18 heavy (non-hydrogen) atoms. The fourth-order valence-electron chi connectivity index (χ4n) is 3.33. The first-order valence-corrected chi connectivity index (χ1v) is 7.86. The number of nitrogens with two attached hydrogens (primary N) is 1. The highest BCUT2D eigenvalue weighted by molar-refractivity contribution is 7.17. The maximum absolute atomic E-state index is 6.10. The van der Waals surface area contributed by atoms with Gasteiger partial charge < -0.3 is 5.73 Å². The Kier molecular flexibility index (Phi) is 3.40. The molecule has 1 heterocycles. The van der Waals surface area contributed by atoms with Gasteiger partial charge in [-0.2, -0.15) is 0 Å². The summed E-state index contributed by atoms with van der Waals surface area (Å²) in [4.78, 5) is 0. The normalized spacial score (nSPS) is 19.2. The Balaban J connectivity index is 1.90. The molecule has 0 atom stereocenters. The molecule has 0 saturated heterocycles. The van der Waals surface area contributed by atoms with Crippen molar-refractivity contribution in [2.75, 3.05) is 6.54 Å². The first kappa shape index (κ1) is 12.2. The van der Waals surface area contributed by atoms with Crippen LogP contribution in [-0.4, -0.2) is 6.54 Å². The number of thiophene rings is 1. The number of hydrogen-bond donors (Lipinski definition) is 1. The molecule has 1 fully saturated rings. The summed E-state index contributed by atoms with van der Waals surface area (Å²) < 4.78 is 1.41. The standard InChI is InChI=1S/C16H21NS/c17-12-16(8-4-1-5-9-16)10-13-11-18-15-7-3-2-6-14(13)15/h2-3,6-7,11H,1,4-5,8-10,12,17H2. The molecule has 1 aromatic carbocycles. The molecule has 0 bridgehead atoms. The molecule has 0 unspecified atom stereocenters. The maximum atomic E-state index is 6.10. The lowest BCUT2D eigenvalue weighted by molar-refractivity contribution is 0.198. The third kappa shape index (κ3) is 2.19. The predicted octanol–water partition coefficient (Wildman–Crippen LogP) is 4.35. The zero-order chi connectivity index (χ0) is 12.4. The molecule has 1 nitrogen and oxygen atoms in total. The smallest absolute Gasteiger partial charge is 0.0345 e. The summed E-state index contributed by atoms with van der Waals surface area (Å²) in [6.07, 6.45) is 7.92. The third-order valence-electron chi connectivity index (χ3n) is 4.47. The van der Waals surface area contributed by atoms with Gasteiger partial charge in [0.1, 0.15) is 0 Å². The summed E-state index contributed by atoms with van der Waals surface area (Å²) >= 11 is 1.87. The van der Waals surface area contributed by atoms with Gasteiger partial charge in [0, 0.05) is 4.70 Å². The Hall–Kier alpha value is -0.860. The molecule has 3 rings (SSSR count). The molecule has 1 aliphatic carbocycles. The van der Waals surface area contributed by atoms with Gasteiger partial charge in [-0.05, 0) is 53.6 Å². The molecule has 2 aromatic rings. The Morgan fingerprint density at radius 2 is 1.89 bits per heavy atom. The van der Waals surface area contributed by atoms with Crippen LogP contribution in [0.2, 0.25) is 0 Å². The minimum absolute atomic E-state index is 0.377. The van der Waals surface area contributed by atoms with E-state index >= 15 is 0 Å². The largest absolute Gasteiger partial charge is 0.330 e. The van der Waals surface area contributed by atoms with Crippen molar-refractivity contribution in [3.8, 4) is 0 Å². The lowest BCUT2D eigenvalue weighted by atomic mass is 9.70. The molecule has 96 valence electrons. The van der Waals surface area contributed by atoms with Gasteiger partial charge in [-0.3, -0.25) is 0 Å². The third-order valence-corrected chi connectivity index (χ3v) is 5.49. The molecule has 0 spiro atoms. The van der Waals surface area contributed by atoms with Gasteiger partial charge in [0.25, 0.3) is 0 Å². The van der Waals surface area contributed by atoms with E-state index in [2.05, 4.69) is 29.6 Å². The molecule has 0 radical (unpaired) electrons. The SMILES string of the molecule is NCC1(Cc2csc3ccccc23)CCCCC1. The lowest BCUT2D eigenvalue weighted by Gasteiger charge is -2.36. The van der Waals surface area contributed by atoms with Gasteiger partial charge in [-0.25, -0.2) is 0 Å². The Labute approximate surface area is 113 Å². The van der Waals surface area contributed by atoms with E-state index in [4.69, 9.17) is 5.73 Å². The van der Waals surface area contributed by atoms with Crippen molar-refractivity contribution in [2.24, 2.45) is 11.1 Å². The number of fused-ring (bicyclic) bond motifs is 1. The zero-order valence-corrected chi connectivity index (χ0v) is 11.6. The predicted molar refractivity (Wildman–Crippen MR) is 80.1 cm³/mol. The highest BCUT2D eigenvalue weighted by Gasteiger charge is 2.31. The van der Waals surface area contributed by atoms with Crippen molar-refractivity contribution in [3.63, 3.8) is 0 Å². The summed E-state index contributed by atoms with van der Waals surface area (Å²) in [5, 5.41) is 3.79. The highest BCUT2D eigenvalue weighted by Crippen LogP contribution is 2.40. The van der Waals surface area contributed by atoms with Crippen LogP contribution < -0.4 is 5.73 Å². The molecule has 0 amide bonds. The summed E-state index contributed by atoms with van der Waals surface area (Å²) in [6.45, 7) is 0.844. The van der Waals surface area contributed by atoms with E-state index < -0.39 is 0 Å². The minimum atomic E-state index is 0.377. The van der Waals surface area contributed by atoms with E-state index in [1.807, 2.05) is 11.3 Å². The van der Waals surface area contributed by atoms with E-state index in [1.54, 1.807) is 0 Å². The Morgan fingerprint density at radius 3 is 2.67 bits per heavy atom. The Morgan fingerprint density at radius 1 is 1.11 bits per heavy atom. The lowest BCUT2D eigenvalue weighted by Crippen LogP contribution is -2.34. The van der Waals surface area contributed by atoms with E-state index in [0.29, 0.717) is 5.41 Å². The van der Waals surface area contributed by atoms with E-state index in [-0.39, 0.29) is 0 Å². The van der Waals surface area contributed by atoms with Crippen molar-refractivity contribution in [3.05, 3.63) is 35.2 Å². The van der Waals surface area contributed by atoms with E-state index in [0.717, 1.165) is 6.54 Å². The molecule has 1 saturated carbocycles. The average Bonchev–Trinajstić information content (AvgIpc) is 2.83. The van der Waals surface area contributed by atoms with Crippen molar-refractivity contribution in [1.82, 2.24) is 0 Å². The second-order valence-corrected chi connectivity index (χ2v) is 6.61. The minimum Gasteiger partial charge on any atom is -0.330 e. The fraction of sp³-hybridized carbons (Fsp3) is 0.500. The van der Waals surface area contributed by atoms with Crippen LogP contribution in [0.5, 0.6) is 0 Å². The number of hydrogen-bond acceptors (Lipinski definition) is 2. The number of rotatable bonds is 3. The topological polar surface area (TPSA) is 26.0 Å². The second kappa shape index (κ2) is 5.02. The van der Waals surface area contributed by atoms with Crippen LogP contribution in [-0.2, 0) is 6.42 Å². The summed E-state index contributed by atoms with van der Waals surface area (Å²) in [7, 11) is 0. The van der Waals surface area contributed by atoms with Crippen LogP contribution in [0.3, 0.4) is 0 Å². The summed E-state index contributed by atoms with van der Waals surface area (Å²) in [6, 6.07) is 8.75. The molecule has 0 aliphatic heterocycles. The molecule has 2 heteroatoms. The van der Waals surface area contributed by atoms with E-state index in [1.165, 1.54) is 54.2 Å². The van der Waals surface area contributed by atoms with Crippen LogP contribution >= 0.6 is 11.3 Å². The highest BCUT2D eigenvalue weighted by atomic mass is 32.1. The monoisotopic (exact) mass is 259 g/mol. The molecule has 1 aliphatic rings. The van der Waals surface area contributed by atoms with Gasteiger partial charge in [0.15, 0.2) is 0 Å². The quantitative estimate of drug-likeness (QED) is 0.871. The van der Waals surface area contributed by atoms with Crippen molar-refractivity contribution < 1.29 is 0 Å². The first-order valence-electron chi connectivity index (χ1n) is 6.98. The van der Waals surface area contributed by atoms with Crippen molar-refractivity contribution >= 4 is 21.4 Å². The number of benzene rings is 1. The second-order valence-electron chi connectivity index (χ2n) is 5.70. The van der Waals surface area contributed by atoms with E-state index in [9.17, 15) is 0 Å². The van der Waals surface area contributed by atoms with Crippen LogP contribution in [0, 0.1) is 5.41 Å². The van der Waals surface area contributed by atoms with Gasteiger partial charge in [0.05, 0.1) is 0 Å². The zero-order valence-electron chi connectivity index (χ0n) is 10.8. The fourth-order valence-corrected chi connectivity index (χ4v) is 4.29. The Bertz CT molecular complexity index is 523. The van der Waals surface area contributed by atoms with Gasteiger partial charge >= 0.3 is 0 Å². The molecular formula is C16H21NS. The van der Waals surface area contributed by atoms with Crippen molar-refractivity contribution in [2.45, 2.75) is 38.5 Å². The first-order chi connectivity index (χ1) is 8.83. The summed E-state index contributed by atoms with van der Waals surface area (Å²) in [5.41, 5.74) is 8.00. The van der Waals surface area contributed by atoms with Crippen LogP contribution in [0.15, 0.2) is 29.6 Å². The average molecular weight is 259 g/mol. The summed E-state index contributed by atoms with van der Waals surface area (Å²) in [5.74, 6) is 0. The van der Waals surface area contributed by atoms with Crippen LogP contribution in [0.4, 0.5) is 0 Å². The van der Waals surface area contributed by atoms with Crippen molar-refractivity contribution in [1.29, 1.82) is 0 Å². The maximum Gasteiger partial charge on any atom is 0.0345 e. The molecule has 2 N–H and O–H groups in total.